The number of aromatic nitrogens is 4. The summed E-state index contributed by atoms with van der Waals surface area (Å²) in [6.45, 7) is 0. The van der Waals surface area contributed by atoms with Crippen LogP contribution in [0.25, 0.3) is 137 Å². The van der Waals surface area contributed by atoms with Crippen LogP contribution >= 0.6 is 11.3 Å². The van der Waals surface area contributed by atoms with E-state index in [-0.39, 0.29) is 0 Å². The first-order valence-electron chi connectivity index (χ1n) is 21.3. The molecule has 0 saturated heterocycles. The Morgan fingerprint density at radius 2 is 0.984 bits per heavy atom. The van der Waals surface area contributed by atoms with Gasteiger partial charge < -0.3 is 13.4 Å². The zero-order chi connectivity index (χ0) is 41.9. The molecule has 0 radical (unpaired) electrons. The van der Waals surface area contributed by atoms with Crippen LogP contribution in [0.2, 0.25) is 0 Å². The van der Waals surface area contributed by atoms with Crippen molar-refractivity contribution in [1.29, 1.82) is 0 Å². The van der Waals surface area contributed by atoms with E-state index in [1.165, 1.54) is 31.8 Å². The lowest BCUT2D eigenvalue weighted by Gasteiger charge is -2.10. The second-order valence-electron chi connectivity index (χ2n) is 16.3. The largest absolute Gasteiger partial charge is 0.456 e. The molecule has 9 aromatic carbocycles. The van der Waals surface area contributed by atoms with Crippen LogP contribution in [-0.4, -0.2) is 19.5 Å². The van der Waals surface area contributed by atoms with Crippen molar-refractivity contribution in [3.63, 3.8) is 0 Å². The lowest BCUT2D eigenvalue weighted by Crippen LogP contribution is -2.00. The van der Waals surface area contributed by atoms with E-state index in [0.717, 1.165) is 87.6 Å². The molecule has 0 bridgehead atoms. The van der Waals surface area contributed by atoms with Gasteiger partial charge in [-0.1, -0.05) is 121 Å². The van der Waals surface area contributed by atoms with Gasteiger partial charge in [-0.3, -0.25) is 0 Å². The molecule has 6 nitrogen and oxygen atoms in total. The molecule has 0 amide bonds. The third-order valence-electron chi connectivity index (χ3n) is 12.7. The summed E-state index contributed by atoms with van der Waals surface area (Å²) in [4.78, 5) is 15.9. The van der Waals surface area contributed by atoms with Gasteiger partial charge in [-0.2, -0.15) is 0 Å². The first kappa shape index (κ1) is 35.2. The van der Waals surface area contributed by atoms with Crippen LogP contribution in [0.1, 0.15) is 0 Å². The number of nitrogens with zero attached hydrogens (tertiary/aromatic N) is 4. The zero-order valence-electron chi connectivity index (χ0n) is 34.0. The highest BCUT2D eigenvalue weighted by atomic mass is 32.1. The van der Waals surface area contributed by atoms with Crippen LogP contribution < -0.4 is 0 Å². The van der Waals surface area contributed by atoms with Crippen LogP contribution in [-0.2, 0) is 0 Å². The second-order valence-corrected chi connectivity index (χ2v) is 17.3. The van der Waals surface area contributed by atoms with Crippen molar-refractivity contribution in [2.45, 2.75) is 0 Å². The molecule has 5 aromatic heterocycles. The summed E-state index contributed by atoms with van der Waals surface area (Å²) in [7, 11) is 0. The summed E-state index contributed by atoms with van der Waals surface area (Å²) < 4.78 is 17.7. The summed E-state index contributed by atoms with van der Waals surface area (Å²) in [5, 5.41) is 8.89. The summed E-state index contributed by atoms with van der Waals surface area (Å²) in [5.74, 6) is 1.73. The Bertz CT molecular complexity index is 4210. The lowest BCUT2D eigenvalue weighted by molar-refractivity contribution is 0.668. The Kier molecular flexibility index (Phi) is 7.46. The molecule has 7 heteroatoms. The summed E-state index contributed by atoms with van der Waals surface area (Å²) in [5.41, 5.74) is 11.6. The molecule has 0 unspecified atom stereocenters. The maximum atomic E-state index is 6.64. The fraction of sp³-hybridized carbons (Fsp3) is 0. The molecular formula is C57H32N4O2S. The van der Waals surface area contributed by atoms with Crippen molar-refractivity contribution < 1.29 is 8.83 Å². The van der Waals surface area contributed by atoms with Crippen molar-refractivity contribution in [3.05, 3.63) is 194 Å². The number of fused-ring (bicyclic) bond motifs is 12. The van der Waals surface area contributed by atoms with Crippen molar-refractivity contribution in [2.24, 2.45) is 0 Å². The molecule has 0 aliphatic heterocycles. The van der Waals surface area contributed by atoms with Crippen molar-refractivity contribution in [1.82, 2.24) is 19.5 Å². The Labute approximate surface area is 368 Å². The van der Waals surface area contributed by atoms with Crippen molar-refractivity contribution in [3.8, 4) is 51.0 Å². The maximum Gasteiger partial charge on any atom is 0.165 e. The highest BCUT2D eigenvalue weighted by molar-refractivity contribution is 7.26. The van der Waals surface area contributed by atoms with Crippen LogP contribution in [0.15, 0.2) is 203 Å². The van der Waals surface area contributed by atoms with Crippen LogP contribution in [0.4, 0.5) is 0 Å². The smallest absolute Gasteiger partial charge is 0.165 e. The van der Waals surface area contributed by atoms with E-state index in [4.69, 9.17) is 23.8 Å². The second kappa shape index (κ2) is 13.6. The van der Waals surface area contributed by atoms with E-state index in [9.17, 15) is 0 Å². The monoisotopic (exact) mass is 836 g/mol. The molecule has 0 spiro atoms. The number of hydrogen-bond acceptors (Lipinski definition) is 6. The molecule has 14 rings (SSSR count). The van der Waals surface area contributed by atoms with Crippen molar-refractivity contribution >= 4 is 97.2 Å². The van der Waals surface area contributed by atoms with Gasteiger partial charge in [0, 0.05) is 74.9 Å². The van der Waals surface area contributed by atoms with Gasteiger partial charge in [0.1, 0.15) is 22.3 Å². The van der Waals surface area contributed by atoms with Gasteiger partial charge in [0.25, 0.3) is 0 Å². The van der Waals surface area contributed by atoms with Crippen LogP contribution in [0.5, 0.6) is 0 Å². The predicted octanol–water partition coefficient (Wildman–Crippen LogP) is 15.8. The van der Waals surface area contributed by atoms with Gasteiger partial charge in [0.05, 0.1) is 11.0 Å². The topological polar surface area (TPSA) is 69.9 Å². The minimum absolute atomic E-state index is 0.562. The van der Waals surface area contributed by atoms with Gasteiger partial charge in [-0.25, -0.2) is 15.0 Å². The minimum atomic E-state index is 0.562. The van der Waals surface area contributed by atoms with E-state index in [1.807, 2.05) is 36.4 Å². The Balaban J connectivity index is 1.00. The molecule has 0 fully saturated rings. The zero-order valence-corrected chi connectivity index (χ0v) is 34.8. The minimum Gasteiger partial charge on any atom is -0.456 e. The fourth-order valence-corrected chi connectivity index (χ4v) is 11.0. The molecule has 298 valence electrons. The van der Waals surface area contributed by atoms with Gasteiger partial charge in [0.15, 0.2) is 17.5 Å². The van der Waals surface area contributed by atoms with E-state index >= 15 is 0 Å². The Morgan fingerprint density at radius 3 is 1.91 bits per heavy atom. The number of hydrogen-bond donors (Lipinski definition) is 0. The number of furan rings is 2. The highest BCUT2D eigenvalue weighted by Gasteiger charge is 2.22. The highest BCUT2D eigenvalue weighted by Crippen LogP contribution is 2.44. The summed E-state index contributed by atoms with van der Waals surface area (Å²) in [6.07, 6.45) is 0. The number of thiophene rings is 1. The maximum absolute atomic E-state index is 6.64. The molecule has 14 aromatic rings. The first-order chi connectivity index (χ1) is 31.7. The van der Waals surface area contributed by atoms with E-state index in [2.05, 4.69) is 162 Å². The average molecular weight is 837 g/mol. The van der Waals surface area contributed by atoms with Gasteiger partial charge >= 0.3 is 0 Å². The molecule has 0 N–H and O–H groups in total. The fourth-order valence-electron chi connectivity index (χ4n) is 9.83. The standard InChI is InChI=1S/C57H32N4O2S/c1-2-13-35(14-3-1)61-45-22-7-4-17-41(45)52-36(18-11-23-46(52)61)33-28-30-48-44(31-33)53-42(20-12-25-49(53)62-48)56-58-55(34-27-29-38-37-15-5-8-24-47(37)63-50(38)32-34)59-57(60-56)43-21-10-19-40-39-16-6-9-26-51(39)64-54(40)43/h1-32H. The van der Waals surface area contributed by atoms with Crippen molar-refractivity contribution in [2.75, 3.05) is 0 Å². The summed E-state index contributed by atoms with van der Waals surface area (Å²) in [6, 6.07) is 67.9. The van der Waals surface area contributed by atoms with E-state index in [1.54, 1.807) is 11.3 Å². The van der Waals surface area contributed by atoms with E-state index < -0.39 is 0 Å². The molecule has 5 heterocycles. The average Bonchev–Trinajstić information content (AvgIpc) is 4.12. The first-order valence-corrected chi connectivity index (χ1v) is 22.2. The number of rotatable bonds is 5. The Hall–Kier alpha value is -8.39. The SMILES string of the molecule is c1ccc(-n2c3ccccc3c3c(-c4ccc5oc6cccc(-c7nc(-c8ccc9c(c8)oc8ccccc89)nc(-c8cccc9c8sc8ccccc89)n7)c6c5c4)cccc32)cc1. The molecule has 64 heavy (non-hydrogen) atoms. The van der Waals surface area contributed by atoms with Gasteiger partial charge in [-0.15, -0.1) is 11.3 Å². The predicted molar refractivity (Wildman–Crippen MR) is 263 cm³/mol. The third-order valence-corrected chi connectivity index (χ3v) is 13.9. The molecule has 0 aliphatic carbocycles. The number of para-hydroxylation sites is 3. The van der Waals surface area contributed by atoms with Gasteiger partial charge in [0.2, 0.25) is 0 Å². The molecule has 0 saturated carbocycles. The molecular weight excluding hydrogens is 805 g/mol. The van der Waals surface area contributed by atoms with Crippen LogP contribution in [0.3, 0.4) is 0 Å². The third kappa shape index (κ3) is 5.22. The number of benzene rings is 9. The molecule has 0 atom stereocenters. The Morgan fingerprint density at radius 1 is 0.359 bits per heavy atom. The summed E-state index contributed by atoms with van der Waals surface area (Å²) >= 11 is 1.77. The lowest BCUT2D eigenvalue weighted by atomic mass is 9.97. The van der Waals surface area contributed by atoms with Gasteiger partial charge in [-0.05, 0) is 83.9 Å². The van der Waals surface area contributed by atoms with E-state index in [0.29, 0.717) is 17.5 Å². The normalized spacial score (nSPS) is 12.1. The van der Waals surface area contributed by atoms with Crippen LogP contribution in [0, 0.1) is 0 Å². The quantitative estimate of drug-likeness (QED) is 0.173. The molecule has 0 aliphatic rings.